The van der Waals surface area contributed by atoms with Crippen LogP contribution in [-0.4, -0.2) is 59.2 Å². The quantitative estimate of drug-likeness (QED) is 0.207. The second-order valence-electron chi connectivity index (χ2n) is 9.90. The number of piperazine rings is 1. The van der Waals surface area contributed by atoms with Gasteiger partial charge < -0.3 is 31.7 Å². The summed E-state index contributed by atoms with van der Waals surface area (Å²) in [6.07, 6.45) is -1.78. The van der Waals surface area contributed by atoms with Gasteiger partial charge in [-0.15, -0.1) is 0 Å². The third kappa shape index (κ3) is 6.03. The van der Waals surface area contributed by atoms with Crippen molar-refractivity contribution in [3.05, 3.63) is 82.9 Å². The molecule has 5 rings (SSSR count). The molecule has 0 radical (unpaired) electrons. The minimum atomic E-state index is -5.43. The Morgan fingerprint density at radius 3 is 2.08 bits per heavy atom. The van der Waals surface area contributed by atoms with Gasteiger partial charge in [-0.2, -0.15) is 8.42 Å². The Kier molecular flexibility index (Phi) is 7.43. The van der Waals surface area contributed by atoms with Gasteiger partial charge in [-0.3, -0.25) is 0 Å². The van der Waals surface area contributed by atoms with E-state index >= 15 is 0 Å². The van der Waals surface area contributed by atoms with Crippen molar-refractivity contribution >= 4 is 29.3 Å². The monoisotopic (exact) mass is 577 g/mol. The van der Waals surface area contributed by atoms with Gasteiger partial charge in [-0.05, 0) is 40.8 Å². The van der Waals surface area contributed by atoms with Crippen LogP contribution < -0.4 is 9.08 Å². The number of benzene rings is 3. The van der Waals surface area contributed by atoms with Crippen LogP contribution in [0.3, 0.4) is 0 Å². The first-order valence-electron chi connectivity index (χ1n) is 12.7. The lowest BCUT2D eigenvalue weighted by atomic mass is 9.80. The molecule has 212 valence electrons. The Balaban J connectivity index is 1.26. The number of carbonyl (C=O) groups excluding carboxylic acids is 1. The zero-order valence-electron chi connectivity index (χ0n) is 21.5. The molecule has 1 heterocycles. The number of halogens is 4. The summed E-state index contributed by atoms with van der Waals surface area (Å²) in [5.41, 5.74) is 4.75. The molecule has 2 aliphatic rings. The van der Waals surface area contributed by atoms with Gasteiger partial charge >= 0.3 is 23.6 Å². The van der Waals surface area contributed by atoms with Crippen molar-refractivity contribution in [3.8, 4) is 16.9 Å². The van der Waals surface area contributed by atoms with E-state index in [2.05, 4.69) is 4.18 Å². The SMILES string of the molecule is Cc1c(C[B-](F)(F)F)cc(OS(=O)(=O)F)cc1N1CCN(C(=O)OCC2c3ccccc3-c3ccccc32)CC1. The van der Waals surface area contributed by atoms with E-state index in [1.807, 2.05) is 48.5 Å². The first-order chi connectivity index (χ1) is 18.9. The molecule has 1 aliphatic carbocycles. The second kappa shape index (κ2) is 10.7. The van der Waals surface area contributed by atoms with Crippen LogP contribution in [0.25, 0.3) is 11.1 Å². The Morgan fingerprint density at radius 2 is 1.52 bits per heavy atom. The molecule has 0 unspecified atom stereocenters. The van der Waals surface area contributed by atoms with E-state index < -0.39 is 35.6 Å². The van der Waals surface area contributed by atoms with Crippen molar-refractivity contribution in [1.29, 1.82) is 0 Å². The van der Waals surface area contributed by atoms with Gasteiger partial charge in [0.2, 0.25) is 0 Å². The lowest BCUT2D eigenvalue weighted by Crippen LogP contribution is -2.49. The zero-order valence-corrected chi connectivity index (χ0v) is 22.3. The Morgan fingerprint density at radius 1 is 0.950 bits per heavy atom. The predicted octanol–water partition coefficient (Wildman–Crippen LogP) is 5.59. The van der Waals surface area contributed by atoms with E-state index in [1.165, 1.54) is 17.9 Å². The van der Waals surface area contributed by atoms with E-state index in [0.717, 1.165) is 28.3 Å². The maximum Gasteiger partial charge on any atom is 0.488 e. The molecule has 0 N–H and O–H groups in total. The third-order valence-corrected chi connectivity index (χ3v) is 7.71. The summed E-state index contributed by atoms with van der Waals surface area (Å²) < 4.78 is 84.8. The van der Waals surface area contributed by atoms with Crippen molar-refractivity contribution in [1.82, 2.24) is 4.90 Å². The third-order valence-electron chi connectivity index (χ3n) is 7.32. The largest absolute Gasteiger partial charge is 0.488 e. The highest BCUT2D eigenvalue weighted by molar-refractivity contribution is 7.81. The first-order valence-corrected chi connectivity index (χ1v) is 14.0. The van der Waals surface area contributed by atoms with Crippen molar-refractivity contribution in [2.24, 2.45) is 0 Å². The normalized spacial score (nSPS) is 15.5. The standard InChI is InChI=1S/C27H26BF4N2O5S/c1-18-19(16-28(29,30)31)14-20(39-40(32,36)37)15-26(18)33-10-12-34(13-11-33)27(35)38-17-25-23-8-4-2-6-21(23)22-7-3-5-9-24(22)25/h2-9,14-15,25H,10-13,16-17H2,1H3/q-1. The number of carbonyl (C=O) groups is 1. The average Bonchev–Trinajstić information content (AvgIpc) is 3.21. The number of hydrogen-bond donors (Lipinski definition) is 0. The Bertz CT molecular complexity index is 1500. The van der Waals surface area contributed by atoms with E-state index in [1.54, 1.807) is 4.90 Å². The van der Waals surface area contributed by atoms with E-state index in [4.69, 9.17) is 4.74 Å². The summed E-state index contributed by atoms with van der Waals surface area (Å²) in [4.78, 5) is 16.2. The summed E-state index contributed by atoms with van der Waals surface area (Å²) >= 11 is 0. The summed E-state index contributed by atoms with van der Waals surface area (Å²) in [7, 11) is -5.43. The smallest absolute Gasteiger partial charge is 0.449 e. The van der Waals surface area contributed by atoms with Gasteiger partial charge in [0.15, 0.2) is 0 Å². The number of hydrogen-bond acceptors (Lipinski definition) is 6. The molecule has 1 fully saturated rings. The number of amides is 1. The molecule has 7 nitrogen and oxygen atoms in total. The van der Waals surface area contributed by atoms with Gasteiger partial charge in [0, 0.05) is 43.9 Å². The molecular formula is C27H26BF4N2O5S-. The predicted molar refractivity (Wildman–Crippen MR) is 143 cm³/mol. The Hall–Kier alpha value is -3.74. The summed E-state index contributed by atoms with van der Waals surface area (Å²) in [6.45, 7) is -2.67. The molecule has 0 atom stereocenters. The zero-order chi connectivity index (χ0) is 28.7. The number of nitrogens with zero attached hydrogens (tertiary/aromatic N) is 2. The number of anilines is 1. The Labute approximate surface area is 229 Å². The van der Waals surface area contributed by atoms with E-state index in [9.17, 15) is 30.0 Å². The number of fused-ring (bicyclic) bond motifs is 3. The molecule has 0 bridgehead atoms. The minimum Gasteiger partial charge on any atom is -0.449 e. The molecule has 13 heteroatoms. The first kappa shape index (κ1) is 27.8. The van der Waals surface area contributed by atoms with Crippen molar-refractivity contribution in [2.45, 2.75) is 19.2 Å². The van der Waals surface area contributed by atoms with Crippen LogP contribution in [0.4, 0.5) is 27.3 Å². The van der Waals surface area contributed by atoms with E-state index in [-0.39, 0.29) is 55.5 Å². The highest BCUT2D eigenvalue weighted by Crippen LogP contribution is 2.44. The topological polar surface area (TPSA) is 76.2 Å². The second-order valence-corrected chi connectivity index (χ2v) is 10.8. The summed E-state index contributed by atoms with van der Waals surface area (Å²) in [6, 6.07) is 18.1. The van der Waals surface area contributed by atoms with Crippen LogP contribution in [-0.2, 0) is 21.6 Å². The molecule has 0 saturated carbocycles. The molecule has 0 aromatic heterocycles. The van der Waals surface area contributed by atoms with E-state index in [0.29, 0.717) is 0 Å². The van der Waals surface area contributed by atoms with Crippen molar-refractivity contribution in [2.75, 3.05) is 37.7 Å². The fraction of sp³-hybridized carbons (Fsp3) is 0.296. The van der Waals surface area contributed by atoms with Gasteiger partial charge in [-0.25, -0.2) is 4.79 Å². The average molecular weight is 577 g/mol. The highest BCUT2D eigenvalue weighted by atomic mass is 32.3. The summed E-state index contributed by atoms with van der Waals surface area (Å²) in [5, 5.41) is 0. The number of rotatable bonds is 7. The maximum atomic E-state index is 13.2. The minimum absolute atomic E-state index is 0.0940. The van der Waals surface area contributed by atoms with Crippen LogP contribution in [0.5, 0.6) is 5.75 Å². The molecule has 1 aliphatic heterocycles. The van der Waals surface area contributed by atoms with Crippen molar-refractivity contribution in [3.63, 3.8) is 0 Å². The lowest BCUT2D eigenvalue weighted by molar-refractivity contribution is 0.0976. The molecule has 3 aromatic carbocycles. The molecule has 1 saturated heterocycles. The van der Waals surface area contributed by atoms with Crippen LogP contribution in [0.15, 0.2) is 60.7 Å². The molecule has 1 amide bonds. The number of ether oxygens (including phenoxy) is 1. The van der Waals surface area contributed by atoms with Gasteiger partial charge in [-0.1, -0.05) is 64.3 Å². The lowest BCUT2D eigenvalue weighted by Gasteiger charge is -2.37. The van der Waals surface area contributed by atoms with Gasteiger partial charge in [0.1, 0.15) is 12.4 Å². The van der Waals surface area contributed by atoms with Gasteiger partial charge in [0.05, 0.1) is 0 Å². The highest BCUT2D eigenvalue weighted by Gasteiger charge is 2.31. The maximum absolute atomic E-state index is 13.2. The molecule has 40 heavy (non-hydrogen) atoms. The van der Waals surface area contributed by atoms with Crippen LogP contribution >= 0.6 is 0 Å². The fourth-order valence-electron chi connectivity index (χ4n) is 5.50. The molecular weight excluding hydrogens is 551 g/mol. The van der Waals surface area contributed by atoms with Crippen molar-refractivity contribution < 1.29 is 39.0 Å². The van der Waals surface area contributed by atoms with Crippen LogP contribution in [0, 0.1) is 6.92 Å². The summed E-state index contributed by atoms with van der Waals surface area (Å²) in [5.74, 6) is -0.638. The van der Waals surface area contributed by atoms with Crippen LogP contribution in [0.1, 0.15) is 28.2 Å². The molecule has 0 spiro atoms. The molecule has 3 aromatic rings. The van der Waals surface area contributed by atoms with Crippen LogP contribution in [0.2, 0.25) is 0 Å². The van der Waals surface area contributed by atoms with Gasteiger partial charge in [0.25, 0.3) is 0 Å². The fourth-order valence-corrected chi connectivity index (χ4v) is 5.82.